The van der Waals surface area contributed by atoms with Crippen LogP contribution in [0.25, 0.3) is 0 Å². The summed E-state index contributed by atoms with van der Waals surface area (Å²) in [5.41, 5.74) is 0. The first-order valence-electron chi connectivity index (χ1n) is 21.4. The van der Waals surface area contributed by atoms with Crippen LogP contribution >= 0.6 is 7.82 Å². The molecule has 51 heavy (non-hydrogen) atoms. The Morgan fingerprint density at radius 3 is 1.49 bits per heavy atom. The van der Waals surface area contributed by atoms with E-state index in [2.05, 4.69) is 26.0 Å². The predicted molar refractivity (Wildman–Crippen MR) is 215 cm³/mol. The Morgan fingerprint density at radius 1 is 0.588 bits per heavy atom. The highest BCUT2D eigenvalue weighted by atomic mass is 31.2. The van der Waals surface area contributed by atoms with E-state index >= 15 is 0 Å². The number of nitrogens with zero attached hydrogens (tertiary/aromatic N) is 1. The number of carbonyl (C=O) groups excluding carboxylic acids is 1. The minimum atomic E-state index is -4.26. The fourth-order valence-electron chi connectivity index (χ4n) is 5.96. The Kier molecular flexibility index (Phi) is 35.7. The number of rotatable bonds is 40. The van der Waals surface area contributed by atoms with Gasteiger partial charge in [0.1, 0.15) is 19.3 Å². The van der Waals surface area contributed by atoms with Gasteiger partial charge in [0.05, 0.1) is 34.4 Å². The summed E-state index contributed by atoms with van der Waals surface area (Å²) in [6, 6.07) is 0. The number of phosphoric ester groups is 1. The molecule has 0 aromatic carbocycles. The second-order valence-electron chi connectivity index (χ2n) is 15.7. The fourth-order valence-corrected chi connectivity index (χ4v) is 6.70. The van der Waals surface area contributed by atoms with Crippen molar-refractivity contribution in [2.75, 3.05) is 54.1 Å². The summed E-state index contributed by atoms with van der Waals surface area (Å²) in [6.45, 7) is 5.63. The molecule has 0 aromatic heterocycles. The topological polar surface area (TPSA) is 91.3 Å². The molecule has 0 spiro atoms. The summed E-state index contributed by atoms with van der Waals surface area (Å²) in [7, 11) is 1.67. The molecule has 0 saturated heterocycles. The SMILES string of the molecule is CCCCCCCC/C=C\CCCCCCCCCCOCC(COP(=O)(O)OCC[N+](C)(C)C)OC(=O)CCCCCCCCCCCCC. The number of quaternary nitrogens is 1. The van der Waals surface area contributed by atoms with Crippen LogP contribution in [0.1, 0.15) is 194 Å². The number of hydrogen-bond acceptors (Lipinski definition) is 6. The van der Waals surface area contributed by atoms with E-state index in [1.165, 1.54) is 141 Å². The van der Waals surface area contributed by atoms with Crippen LogP contribution in [0.4, 0.5) is 0 Å². The molecule has 0 bridgehead atoms. The van der Waals surface area contributed by atoms with E-state index in [9.17, 15) is 14.3 Å². The van der Waals surface area contributed by atoms with Gasteiger partial charge in [-0.15, -0.1) is 0 Å². The third-order valence-electron chi connectivity index (χ3n) is 9.33. The Bertz CT molecular complexity index is 833. The molecule has 0 aliphatic carbocycles. The van der Waals surface area contributed by atoms with Crippen molar-refractivity contribution in [2.45, 2.75) is 200 Å². The van der Waals surface area contributed by atoms with Crippen molar-refractivity contribution in [3.05, 3.63) is 12.2 Å². The lowest BCUT2D eigenvalue weighted by molar-refractivity contribution is -0.870. The van der Waals surface area contributed by atoms with Gasteiger partial charge in [-0.3, -0.25) is 13.8 Å². The van der Waals surface area contributed by atoms with Gasteiger partial charge in [-0.05, 0) is 38.5 Å². The number of phosphoric acid groups is 1. The molecule has 0 rings (SSSR count). The molecule has 0 fully saturated rings. The van der Waals surface area contributed by atoms with Crippen molar-refractivity contribution in [1.29, 1.82) is 0 Å². The van der Waals surface area contributed by atoms with Crippen molar-refractivity contribution in [3.63, 3.8) is 0 Å². The molecule has 0 aromatic rings. The number of carbonyl (C=O) groups is 1. The monoisotopic (exact) mass is 747 g/mol. The number of likely N-dealkylation sites (N-methyl/N-ethyl adjacent to an activating group) is 1. The third-order valence-corrected chi connectivity index (χ3v) is 10.3. The smallest absolute Gasteiger partial charge is 0.457 e. The molecule has 0 aliphatic rings. The number of esters is 1. The molecule has 1 N–H and O–H groups in total. The van der Waals surface area contributed by atoms with Crippen LogP contribution in [0.15, 0.2) is 12.2 Å². The molecule has 9 heteroatoms. The summed E-state index contributed by atoms with van der Waals surface area (Å²) in [5.74, 6) is -0.314. The first-order valence-corrected chi connectivity index (χ1v) is 22.9. The van der Waals surface area contributed by atoms with Crippen molar-refractivity contribution in [2.24, 2.45) is 0 Å². The van der Waals surface area contributed by atoms with Gasteiger partial charge in [0.2, 0.25) is 0 Å². The van der Waals surface area contributed by atoms with Gasteiger partial charge < -0.3 is 18.9 Å². The predicted octanol–water partition coefficient (Wildman–Crippen LogP) is 12.3. The Balaban J connectivity index is 4.18. The van der Waals surface area contributed by atoms with E-state index in [-0.39, 0.29) is 25.8 Å². The van der Waals surface area contributed by atoms with Crippen LogP contribution < -0.4 is 0 Å². The second-order valence-corrected chi connectivity index (χ2v) is 17.2. The first kappa shape index (κ1) is 50.2. The second kappa shape index (κ2) is 36.2. The quantitative estimate of drug-likeness (QED) is 0.0219. The van der Waals surface area contributed by atoms with Gasteiger partial charge in [0, 0.05) is 13.0 Å². The molecule has 0 amide bonds. The highest BCUT2D eigenvalue weighted by Gasteiger charge is 2.26. The largest absolute Gasteiger partial charge is 0.472 e. The van der Waals surface area contributed by atoms with E-state index in [4.69, 9.17) is 18.5 Å². The molecule has 0 saturated carbocycles. The lowest BCUT2D eigenvalue weighted by Crippen LogP contribution is -2.37. The first-order chi connectivity index (χ1) is 24.6. The molecule has 8 nitrogen and oxygen atoms in total. The minimum absolute atomic E-state index is 0.0911. The van der Waals surface area contributed by atoms with E-state index in [0.29, 0.717) is 24.1 Å². The molecule has 2 atom stereocenters. The van der Waals surface area contributed by atoms with Crippen LogP contribution in [0.3, 0.4) is 0 Å². The number of allylic oxidation sites excluding steroid dienone is 2. The lowest BCUT2D eigenvalue weighted by atomic mass is 10.1. The van der Waals surface area contributed by atoms with Crippen LogP contribution in [-0.2, 0) is 27.9 Å². The number of unbranched alkanes of at least 4 members (excludes halogenated alkanes) is 24. The maximum absolute atomic E-state index is 12.6. The van der Waals surface area contributed by atoms with Gasteiger partial charge in [0.25, 0.3) is 0 Å². The molecule has 2 unspecified atom stereocenters. The van der Waals surface area contributed by atoms with Gasteiger partial charge in [-0.25, -0.2) is 4.57 Å². The van der Waals surface area contributed by atoms with E-state index in [0.717, 1.165) is 32.1 Å². The van der Waals surface area contributed by atoms with E-state index in [1.807, 2.05) is 21.1 Å². The molecular weight excluding hydrogens is 661 g/mol. The summed E-state index contributed by atoms with van der Waals surface area (Å²) < 4.78 is 34.9. The zero-order valence-electron chi connectivity index (χ0n) is 34.4. The van der Waals surface area contributed by atoms with Crippen LogP contribution in [-0.4, -0.2) is 75.6 Å². The Hall–Kier alpha value is -0.760. The molecular formula is C42H85NO7P+. The van der Waals surface area contributed by atoms with Crippen LogP contribution in [0, 0.1) is 0 Å². The van der Waals surface area contributed by atoms with Gasteiger partial charge in [-0.2, -0.15) is 0 Å². The lowest BCUT2D eigenvalue weighted by Gasteiger charge is -2.24. The average Bonchev–Trinajstić information content (AvgIpc) is 3.08. The summed E-state index contributed by atoms with van der Waals surface area (Å²) >= 11 is 0. The number of ether oxygens (including phenoxy) is 2. The van der Waals surface area contributed by atoms with Gasteiger partial charge >= 0.3 is 13.8 Å². The summed E-state index contributed by atoms with van der Waals surface area (Å²) in [5, 5.41) is 0. The Morgan fingerprint density at radius 2 is 1.02 bits per heavy atom. The number of hydrogen-bond donors (Lipinski definition) is 1. The normalized spacial score (nSPS) is 13.9. The van der Waals surface area contributed by atoms with Gasteiger partial charge in [0.15, 0.2) is 0 Å². The average molecular weight is 747 g/mol. The highest BCUT2D eigenvalue weighted by Crippen LogP contribution is 2.43. The fraction of sp³-hybridized carbons (Fsp3) is 0.929. The molecule has 0 aliphatic heterocycles. The van der Waals surface area contributed by atoms with Gasteiger partial charge in [-0.1, -0.05) is 161 Å². The van der Waals surface area contributed by atoms with Crippen molar-refractivity contribution < 1.29 is 37.3 Å². The highest BCUT2D eigenvalue weighted by molar-refractivity contribution is 7.47. The maximum Gasteiger partial charge on any atom is 0.472 e. The molecule has 0 heterocycles. The van der Waals surface area contributed by atoms with Crippen LogP contribution in [0.2, 0.25) is 0 Å². The summed E-state index contributed by atoms with van der Waals surface area (Å²) in [4.78, 5) is 22.8. The van der Waals surface area contributed by atoms with E-state index in [1.54, 1.807) is 0 Å². The zero-order valence-corrected chi connectivity index (χ0v) is 35.3. The van der Waals surface area contributed by atoms with Crippen LogP contribution in [0.5, 0.6) is 0 Å². The molecule has 0 radical (unpaired) electrons. The zero-order chi connectivity index (χ0) is 37.7. The minimum Gasteiger partial charge on any atom is -0.457 e. The van der Waals surface area contributed by atoms with E-state index < -0.39 is 13.9 Å². The maximum atomic E-state index is 12.6. The third kappa shape index (κ3) is 40.3. The van der Waals surface area contributed by atoms with Crippen molar-refractivity contribution >= 4 is 13.8 Å². The van der Waals surface area contributed by atoms with Crippen molar-refractivity contribution in [1.82, 2.24) is 0 Å². The molecule has 304 valence electrons. The standard InChI is InChI=1S/C42H84NO7P/c1-6-8-10-12-14-16-18-19-20-21-22-23-24-26-28-30-32-34-37-47-39-41(40-49-51(45,46)48-38-36-43(3,4)5)50-42(44)35-33-31-29-27-25-17-15-13-11-9-7-2/h19-20,41H,6-18,21-40H2,1-5H3/p+1/b20-19-. The van der Waals surface area contributed by atoms with Crippen molar-refractivity contribution in [3.8, 4) is 0 Å². The Labute approximate surface area is 316 Å². The summed E-state index contributed by atoms with van der Waals surface area (Å²) in [6.07, 6.45) is 38.1.